The number of carbonyl (C=O) groups is 1. The molecule has 4 aromatic rings. The van der Waals surface area contributed by atoms with Gasteiger partial charge in [-0.15, -0.1) is 0 Å². The number of ether oxygens (including phenoxy) is 2. The number of esters is 1. The Balaban J connectivity index is 1.66. The van der Waals surface area contributed by atoms with E-state index in [1.165, 1.54) is 0 Å². The summed E-state index contributed by atoms with van der Waals surface area (Å²) in [6.45, 7) is 7.32. The van der Waals surface area contributed by atoms with Crippen molar-refractivity contribution in [1.29, 1.82) is 0 Å². The van der Waals surface area contributed by atoms with Crippen molar-refractivity contribution >= 4 is 51.2 Å². The zero-order valence-electron chi connectivity index (χ0n) is 22.3. The molecule has 0 unspecified atom stereocenters. The van der Waals surface area contributed by atoms with Gasteiger partial charge in [-0.05, 0) is 116 Å². The third-order valence-corrected chi connectivity index (χ3v) is 9.76. The predicted molar refractivity (Wildman–Crippen MR) is 171 cm³/mol. The molecule has 204 valence electrons. The van der Waals surface area contributed by atoms with E-state index in [1.54, 1.807) is 0 Å². The van der Waals surface area contributed by atoms with E-state index in [-0.39, 0.29) is 22.9 Å². The second-order valence-corrected chi connectivity index (χ2v) is 13.5. The van der Waals surface area contributed by atoms with E-state index in [0.29, 0.717) is 25.4 Å². The van der Waals surface area contributed by atoms with Gasteiger partial charge in [-0.3, -0.25) is 0 Å². The second kappa shape index (κ2) is 10.0. The van der Waals surface area contributed by atoms with Crippen LogP contribution in [0.3, 0.4) is 0 Å². The number of carbonyl (C=O) groups excluding carboxylic acids is 1. The van der Waals surface area contributed by atoms with Crippen molar-refractivity contribution in [2.24, 2.45) is 5.41 Å². The van der Waals surface area contributed by atoms with Crippen LogP contribution < -0.4 is 0 Å². The molecule has 6 rings (SSSR count). The first-order valence-corrected chi connectivity index (χ1v) is 15.2. The molecule has 0 radical (unpaired) electrons. The number of benzene rings is 4. The molecule has 7 heteroatoms. The Hall–Kier alpha value is -2.63. The first-order valence-electron chi connectivity index (χ1n) is 13.0. The number of hydrogen-bond donors (Lipinski definition) is 2. The summed E-state index contributed by atoms with van der Waals surface area (Å²) in [5.41, 5.74) is 6.85. The van der Waals surface area contributed by atoms with Crippen LogP contribution in [0.5, 0.6) is 11.5 Å². The van der Waals surface area contributed by atoms with Crippen LogP contribution in [0.15, 0.2) is 66.7 Å². The molecule has 40 heavy (non-hydrogen) atoms. The number of rotatable bonds is 5. The van der Waals surface area contributed by atoms with Crippen molar-refractivity contribution in [2.75, 3.05) is 19.8 Å². The topological polar surface area (TPSA) is 76.0 Å². The SMILES string of the molecule is Cc1cc(C2(c3cc(C)c(O)c(I)c3)c3ccccc3-c3c(C(=O)OCC4(C)COC4)cccc32)cc(I)c1O. The molecule has 2 N–H and O–H groups in total. The highest BCUT2D eigenvalue weighted by Crippen LogP contribution is 2.58. The monoisotopic (exact) mass is 758 g/mol. The molecule has 1 aliphatic heterocycles. The Kier molecular flexibility index (Phi) is 6.90. The van der Waals surface area contributed by atoms with Crippen LogP contribution in [0.2, 0.25) is 0 Å². The number of phenolic OH excluding ortho intramolecular Hbond substituents is 2. The summed E-state index contributed by atoms with van der Waals surface area (Å²) >= 11 is 4.35. The lowest BCUT2D eigenvalue weighted by Crippen LogP contribution is -2.44. The number of aryl methyl sites for hydroxylation is 2. The molecule has 2 aliphatic rings. The molecule has 1 heterocycles. The largest absolute Gasteiger partial charge is 0.507 e. The van der Waals surface area contributed by atoms with Gasteiger partial charge in [-0.1, -0.05) is 55.5 Å². The highest BCUT2D eigenvalue weighted by atomic mass is 127. The molecule has 4 aromatic carbocycles. The van der Waals surface area contributed by atoms with E-state index in [0.717, 1.165) is 51.6 Å². The van der Waals surface area contributed by atoms with Gasteiger partial charge < -0.3 is 19.7 Å². The van der Waals surface area contributed by atoms with Gasteiger partial charge in [0.1, 0.15) is 18.1 Å². The number of aromatic hydroxyl groups is 2. The van der Waals surface area contributed by atoms with Crippen LogP contribution in [-0.4, -0.2) is 36.0 Å². The van der Waals surface area contributed by atoms with E-state index >= 15 is 0 Å². The van der Waals surface area contributed by atoms with Gasteiger partial charge in [0.25, 0.3) is 0 Å². The van der Waals surface area contributed by atoms with Crippen molar-refractivity contribution in [2.45, 2.75) is 26.2 Å². The van der Waals surface area contributed by atoms with E-state index in [2.05, 4.69) is 70.3 Å². The van der Waals surface area contributed by atoms with Crippen molar-refractivity contribution in [3.63, 3.8) is 0 Å². The molecule has 5 nitrogen and oxygen atoms in total. The molecular weight excluding hydrogens is 730 g/mol. The average Bonchev–Trinajstić information content (AvgIpc) is 3.23. The molecule has 1 fully saturated rings. The summed E-state index contributed by atoms with van der Waals surface area (Å²) in [6.07, 6.45) is 0. The Labute approximate surface area is 260 Å². The van der Waals surface area contributed by atoms with Gasteiger partial charge in [0.05, 0.1) is 31.3 Å². The summed E-state index contributed by atoms with van der Waals surface area (Å²) in [4.78, 5) is 13.7. The van der Waals surface area contributed by atoms with Crippen LogP contribution in [-0.2, 0) is 14.9 Å². The average molecular weight is 758 g/mol. The minimum atomic E-state index is -0.799. The molecule has 0 spiro atoms. The number of phenols is 2. The van der Waals surface area contributed by atoms with Crippen molar-refractivity contribution in [3.05, 3.63) is 113 Å². The standard InChI is InChI=1S/C33H28I2O5/c1-18-11-20(13-26(34)29(18)36)33(21-12-19(2)30(37)27(35)14-21)24-9-5-4-7-22(24)28-23(8-6-10-25(28)33)31(38)40-17-32(3)15-39-16-32/h4-14,36-37H,15-17H2,1-3H3. The summed E-state index contributed by atoms with van der Waals surface area (Å²) in [7, 11) is 0. The van der Waals surface area contributed by atoms with Crippen LogP contribution in [0, 0.1) is 26.4 Å². The number of fused-ring (bicyclic) bond motifs is 3. The molecule has 1 saturated heterocycles. The van der Waals surface area contributed by atoms with Crippen LogP contribution in [0.25, 0.3) is 11.1 Å². The quantitative estimate of drug-likeness (QED) is 0.144. The lowest BCUT2D eigenvalue weighted by atomic mass is 9.67. The summed E-state index contributed by atoms with van der Waals surface area (Å²) in [5.74, 6) is 0.157. The molecular formula is C33H28I2O5. The van der Waals surface area contributed by atoms with Crippen molar-refractivity contribution < 1.29 is 24.5 Å². The smallest absolute Gasteiger partial charge is 0.338 e. The number of hydrogen-bond acceptors (Lipinski definition) is 5. The molecule has 0 bridgehead atoms. The third-order valence-electron chi connectivity index (χ3n) is 8.12. The molecule has 0 aromatic heterocycles. The maximum atomic E-state index is 13.7. The maximum Gasteiger partial charge on any atom is 0.338 e. The summed E-state index contributed by atoms with van der Waals surface area (Å²) in [5, 5.41) is 21.4. The fourth-order valence-corrected chi connectivity index (χ4v) is 7.57. The van der Waals surface area contributed by atoms with Gasteiger partial charge >= 0.3 is 5.97 Å². The van der Waals surface area contributed by atoms with Gasteiger partial charge in [-0.2, -0.15) is 0 Å². The normalized spacial score (nSPS) is 16.1. The van der Waals surface area contributed by atoms with Gasteiger partial charge in [0.15, 0.2) is 0 Å². The van der Waals surface area contributed by atoms with E-state index in [9.17, 15) is 15.0 Å². The molecule has 0 atom stereocenters. The van der Waals surface area contributed by atoms with Crippen LogP contribution in [0.4, 0.5) is 0 Å². The van der Waals surface area contributed by atoms with Gasteiger partial charge in [-0.25, -0.2) is 4.79 Å². The van der Waals surface area contributed by atoms with E-state index in [1.807, 2.05) is 62.4 Å². The Morgan fingerprint density at radius 3 is 2.00 bits per heavy atom. The lowest BCUT2D eigenvalue weighted by molar-refractivity contribution is -0.127. The highest BCUT2D eigenvalue weighted by molar-refractivity contribution is 14.1. The Morgan fingerprint density at radius 1 is 0.875 bits per heavy atom. The highest BCUT2D eigenvalue weighted by Gasteiger charge is 2.48. The molecule has 0 amide bonds. The summed E-state index contributed by atoms with van der Waals surface area (Å²) < 4.78 is 12.7. The zero-order valence-corrected chi connectivity index (χ0v) is 26.7. The van der Waals surface area contributed by atoms with E-state index < -0.39 is 5.41 Å². The first kappa shape index (κ1) is 27.5. The zero-order chi connectivity index (χ0) is 28.4. The van der Waals surface area contributed by atoms with E-state index in [4.69, 9.17) is 9.47 Å². The van der Waals surface area contributed by atoms with Gasteiger partial charge in [0.2, 0.25) is 0 Å². The number of halogens is 2. The van der Waals surface area contributed by atoms with Crippen molar-refractivity contribution in [3.8, 4) is 22.6 Å². The van der Waals surface area contributed by atoms with Crippen LogP contribution >= 0.6 is 45.2 Å². The van der Waals surface area contributed by atoms with Crippen molar-refractivity contribution in [1.82, 2.24) is 0 Å². The minimum Gasteiger partial charge on any atom is -0.507 e. The minimum absolute atomic E-state index is 0.157. The first-order chi connectivity index (χ1) is 19.1. The molecule has 0 saturated carbocycles. The fraction of sp³-hybridized carbons (Fsp3) is 0.242. The van der Waals surface area contributed by atoms with Gasteiger partial charge in [0, 0.05) is 11.0 Å². The Bertz CT molecular complexity index is 1580. The maximum absolute atomic E-state index is 13.7. The second-order valence-electron chi connectivity index (χ2n) is 11.2. The Morgan fingerprint density at radius 2 is 1.45 bits per heavy atom. The van der Waals surface area contributed by atoms with Crippen LogP contribution in [0.1, 0.15) is 50.7 Å². The third kappa shape index (κ3) is 4.15. The predicted octanol–water partition coefficient (Wildman–Crippen LogP) is 7.48. The lowest BCUT2D eigenvalue weighted by Gasteiger charge is -2.37. The molecule has 1 aliphatic carbocycles. The summed E-state index contributed by atoms with van der Waals surface area (Å²) in [6, 6.07) is 22.1. The fourth-order valence-electron chi connectivity index (χ4n) is 6.04.